The third kappa shape index (κ3) is 2.82. The molecule has 1 aromatic carbocycles. The fourth-order valence-electron chi connectivity index (χ4n) is 2.48. The molecule has 1 unspecified atom stereocenters. The van der Waals surface area contributed by atoms with Crippen LogP contribution in [0.5, 0.6) is 0 Å². The average molecular weight is 338 g/mol. The summed E-state index contributed by atoms with van der Waals surface area (Å²) in [6.07, 6.45) is -3.55. The van der Waals surface area contributed by atoms with Crippen molar-refractivity contribution < 1.29 is 28.2 Å². The third-order valence-electron chi connectivity index (χ3n) is 3.65. The van der Waals surface area contributed by atoms with Crippen molar-refractivity contribution in [3.63, 3.8) is 0 Å². The lowest BCUT2D eigenvalue weighted by molar-refractivity contribution is -0.143. The molecule has 1 aromatic heterocycles. The van der Waals surface area contributed by atoms with E-state index in [1.807, 2.05) is 0 Å². The van der Waals surface area contributed by atoms with Crippen LogP contribution in [0.1, 0.15) is 23.9 Å². The highest BCUT2D eigenvalue weighted by molar-refractivity contribution is 5.89. The second kappa shape index (κ2) is 6.31. The lowest BCUT2D eigenvalue weighted by Gasteiger charge is -2.30. The molecule has 0 bridgehead atoms. The molecule has 8 heteroatoms. The summed E-state index contributed by atoms with van der Waals surface area (Å²) in [6.45, 7) is 1.30. The Morgan fingerprint density at radius 1 is 1.12 bits per heavy atom. The predicted octanol–water partition coefficient (Wildman–Crippen LogP) is 3.33. The van der Waals surface area contributed by atoms with Gasteiger partial charge < -0.3 is 10.2 Å². The van der Waals surface area contributed by atoms with E-state index in [9.17, 15) is 28.2 Å². The van der Waals surface area contributed by atoms with E-state index in [4.69, 9.17) is 0 Å². The minimum absolute atomic E-state index is 0.0898. The first-order valence-corrected chi connectivity index (χ1v) is 6.74. The molecule has 0 amide bonds. The maximum atomic E-state index is 12.9. The van der Waals surface area contributed by atoms with Crippen molar-refractivity contribution in [1.82, 2.24) is 9.97 Å². The Morgan fingerprint density at radius 3 is 2.21 bits per heavy atom. The lowest BCUT2D eigenvalue weighted by atomic mass is 9.72. The number of aliphatic hydroxyl groups excluding tert-OH is 1. The van der Waals surface area contributed by atoms with Crippen LogP contribution in [0, 0.1) is 0 Å². The van der Waals surface area contributed by atoms with Crippen molar-refractivity contribution >= 4 is 5.97 Å². The molecule has 1 atom stereocenters. The zero-order valence-electron chi connectivity index (χ0n) is 12.4. The van der Waals surface area contributed by atoms with Crippen LogP contribution in [0.25, 0.3) is 0 Å². The van der Waals surface area contributed by atoms with Crippen molar-refractivity contribution in [3.8, 4) is 0 Å². The molecule has 2 N–H and O–H groups in total. The summed E-state index contributed by atoms with van der Waals surface area (Å²) >= 11 is 0. The van der Waals surface area contributed by atoms with E-state index in [-0.39, 0.29) is 11.1 Å². The van der Waals surface area contributed by atoms with Gasteiger partial charge in [0.2, 0.25) is 0 Å². The van der Waals surface area contributed by atoms with Gasteiger partial charge in [-0.05, 0) is 24.1 Å². The molecular weight excluding hydrogens is 325 g/mol. The number of rotatable bonds is 4. The van der Waals surface area contributed by atoms with Gasteiger partial charge in [-0.3, -0.25) is 4.79 Å². The van der Waals surface area contributed by atoms with Crippen LogP contribution >= 0.6 is 0 Å². The van der Waals surface area contributed by atoms with Gasteiger partial charge in [-0.15, -0.1) is 0 Å². The van der Waals surface area contributed by atoms with Crippen LogP contribution in [0.2, 0.25) is 0 Å². The first kappa shape index (κ1) is 17.5. The molecule has 0 radical (unpaired) electrons. The summed E-state index contributed by atoms with van der Waals surface area (Å²) < 4.78 is 38.8. The maximum Gasteiger partial charge on any atom is 0.433 e. The van der Waals surface area contributed by atoms with Crippen molar-refractivity contribution in [1.29, 1.82) is 0 Å². The highest BCUT2D eigenvalue weighted by Crippen LogP contribution is 2.39. The van der Waals surface area contributed by atoms with Gasteiger partial charge in [-0.2, -0.15) is 13.2 Å². The zero-order valence-corrected chi connectivity index (χ0v) is 12.4. The number of nitrogens with zero attached hydrogens (tertiary/aromatic N) is 2. The molecule has 5 nitrogen and oxygen atoms in total. The second-order valence-corrected chi connectivity index (χ2v) is 5.02. The molecule has 0 saturated carbocycles. The van der Waals surface area contributed by atoms with E-state index in [1.165, 1.54) is 19.1 Å². The first-order chi connectivity index (χ1) is 11.2. The van der Waals surface area contributed by atoms with Gasteiger partial charge in [0.25, 0.3) is 0 Å². The Balaban J connectivity index is 2.84. The quantitative estimate of drug-likeness (QED) is 0.836. The Kier molecular flexibility index (Phi) is 4.59. The first-order valence-electron chi connectivity index (χ1n) is 6.74. The summed E-state index contributed by atoms with van der Waals surface area (Å²) in [4.78, 5) is 19.0. The van der Waals surface area contributed by atoms with Gasteiger partial charge in [0.15, 0.2) is 5.41 Å². The van der Waals surface area contributed by atoms with E-state index < -0.39 is 28.9 Å². The molecule has 1 heterocycles. The van der Waals surface area contributed by atoms with Crippen molar-refractivity contribution in [2.75, 3.05) is 0 Å². The Bertz CT molecular complexity index is 776. The van der Waals surface area contributed by atoms with Gasteiger partial charge in [0.05, 0.1) is 12.0 Å². The molecule has 2 aromatic rings. The molecule has 24 heavy (non-hydrogen) atoms. The smallest absolute Gasteiger partial charge is 0.433 e. The minimum Gasteiger partial charge on any atom is -0.516 e. The van der Waals surface area contributed by atoms with Crippen LogP contribution in [0.3, 0.4) is 0 Å². The number of carboxylic acids is 1. The number of carbonyl (C=O) groups is 1. The van der Waals surface area contributed by atoms with Crippen LogP contribution in [0.15, 0.2) is 54.6 Å². The molecule has 0 aliphatic rings. The molecule has 0 spiro atoms. The van der Waals surface area contributed by atoms with Crippen LogP contribution in [-0.4, -0.2) is 26.2 Å². The van der Waals surface area contributed by atoms with Gasteiger partial charge >= 0.3 is 12.1 Å². The summed E-state index contributed by atoms with van der Waals surface area (Å²) in [5.74, 6) is -1.47. The van der Waals surface area contributed by atoms with E-state index in [0.717, 1.165) is 0 Å². The third-order valence-corrected chi connectivity index (χ3v) is 3.65. The van der Waals surface area contributed by atoms with Crippen molar-refractivity contribution in [3.05, 3.63) is 71.5 Å². The molecule has 126 valence electrons. The topological polar surface area (TPSA) is 83.3 Å². The number of aromatic nitrogens is 2. The average Bonchev–Trinajstić information content (AvgIpc) is 2.55. The number of aliphatic carboxylic acids is 1. The molecular formula is C16H13F3N2O3. The Labute approximate surface area is 135 Å². The van der Waals surface area contributed by atoms with Crippen LogP contribution < -0.4 is 0 Å². The van der Waals surface area contributed by atoms with Crippen LogP contribution in [-0.2, 0) is 16.4 Å². The number of alkyl halides is 3. The standard InChI is InChI=1S/C16H13F3N2O3/c1-10(8-22)15(14(23)24,11-5-3-2-4-6-11)12-7-13(16(17,18)19)21-9-20-12/h2-9,22H,1H3,(H,23,24). The van der Waals surface area contributed by atoms with Crippen LogP contribution in [0.4, 0.5) is 13.2 Å². The summed E-state index contributed by atoms with van der Waals surface area (Å²) in [7, 11) is 0. The maximum absolute atomic E-state index is 12.9. The number of benzene rings is 1. The minimum atomic E-state index is -4.75. The summed E-state index contributed by atoms with van der Waals surface area (Å²) in [6, 6.07) is 8.18. The Hall–Kier alpha value is -2.90. The fraction of sp³-hybridized carbons (Fsp3) is 0.188. The summed E-state index contributed by atoms with van der Waals surface area (Å²) in [5, 5.41) is 19.2. The van der Waals surface area contributed by atoms with Gasteiger partial charge in [-0.1, -0.05) is 30.3 Å². The van der Waals surface area contributed by atoms with E-state index in [0.29, 0.717) is 18.7 Å². The van der Waals surface area contributed by atoms with Gasteiger partial charge in [-0.25, -0.2) is 9.97 Å². The largest absolute Gasteiger partial charge is 0.516 e. The van der Waals surface area contributed by atoms with Crippen molar-refractivity contribution in [2.24, 2.45) is 0 Å². The lowest BCUT2D eigenvalue weighted by Crippen LogP contribution is -2.39. The number of hydrogen-bond donors (Lipinski definition) is 2. The monoisotopic (exact) mass is 338 g/mol. The highest BCUT2D eigenvalue weighted by Gasteiger charge is 2.47. The van der Waals surface area contributed by atoms with E-state index in [2.05, 4.69) is 9.97 Å². The van der Waals surface area contributed by atoms with Gasteiger partial charge in [0.1, 0.15) is 12.0 Å². The van der Waals surface area contributed by atoms with Gasteiger partial charge in [0, 0.05) is 0 Å². The normalized spacial score (nSPS) is 14.9. The number of aliphatic hydroxyl groups is 1. The molecule has 0 aliphatic carbocycles. The molecule has 0 aliphatic heterocycles. The molecule has 2 rings (SSSR count). The second-order valence-electron chi connectivity index (χ2n) is 5.02. The molecule has 0 saturated heterocycles. The number of hydrogen-bond acceptors (Lipinski definition) is 4. The fourth-order valence-corrected chi connectivity index (χ4v) is 2.48. The Morgan fingerprint density at radius 2 is 1.71 bits per heavy atom. The SMILES string of the molecule is CC(=CO)C(C(=O)O)(c1ccccc1)c1cc(C(F)(F)F)ncn1. The predicted molar refractivity (Wildman–Crippen MR) is 78.3 cm³/mol. The summed E-state index contributed by atoms with van der Waals surface area (Å²) in [5.41, 5.74) is -3.66. The zero-order chi connectivity index (χ0) is 18.0. The number of halogens is 3. The molecule has 0 fully saturated rings. The number of carboxylic acid groups (broad SMARTS) is 1. The van der Waals surface area contributed by atoms with E-state index >= 15 is 0 Å². The highest BCUT2D eigenvalue weighted by atomic mass is 19.4. The van der Waals surface area contributed by atoms with Crippen molar-refractivity contribution in [2.45, 2.75) is 18.5 Å². The van der Waals surface area contributed by atoms with E-state index in [1.54, 1.807) is 18.2 Å².